The maximum absolute atomic E-state index is 11.8. The van der Waals surface area contributed by atoms with Gasteiger partial charge in [0.25, 0.3) is 0 Å². The van der Waals surface area contributed by atoms with Crippen molar-refractivity contribution in [3.05, 3.63) is 0 Å². The van der Waals surface area contributed by atoms with Gasteiger partial charge >= 0.3 is 13.8 Å². The first-order valence-corrected chi connectivity index (χ1v) is 12.5. The zero-order chi connectivity index (χ0) is 21.3. The van der Waals surface area contributed by atoms with Crippen LogP contribution in [0.5, 0.6) is 0 Å². The SMILES string of the molecule is CCCCCCC(OCCCC)C(OCCCC)(OCCCC)OP(=O)(O)O. The second-order valence-corrected chi connectivity index (χ2v) is 8.32. The first-order chi connectivity index (χ1) is 13.3. The van der Waals surface area contributed by atoms with Gasteiger partial charge in [-0.05, 0) is 25.7 Å². The van der Waals surface area contributed by atoms with Crippen molar-refractivity contribution < 1.29 is 33.1 Å². The van der Waals surface area contributed by atoms with E-state index in [1.54, 1.807) is 0 Å². The summed E-state index contributed by atoms with van der Waals surface area (Å²) in [6.45, 7) is 9.28. The molecule has 7 nitrogen and oxygen atoms in total. The lowest BCUT2D eigenvalue weighted by molar-refractivity contribution is -0.391. The lowest BCUT2D eigenvalue weighted by atomic mass is 10.1. The van der Waals surface area contributed by atoms with Crippen molar-refractivity contribution in [1.29, 1.82) is 0 Å². The molecular weight excluding hydrogens is 383 g/mol. The first kappa shape index (κ1) is 28.0. The van der Waals surface area contributed by atoms with E-state index in [1.807, 2.05) is 13.8 Å². The molecule has 0 heterocycles. The van der Waals surface area contributed by atoms with Crippen LogP contribution in [0.1, 0.15) is 98.3 Å². The van der Waals surface area contributed by atoms with Gasteiger partial charge in [-0.25, -0.2) is 9.09 Å². The number of hydrogen-bond acceptors (Lipinski definition) is 5. The Morgan fingerprint density at radius 3 is 1.71 bits per heavy atom. The molecule has 1 atom stereocenters. The van der Waals surface area contributed by atoms with Gasteiger partial charge < -0.3 is 24.0 Å². The lowest BCUT2D eigenvalue weighted by Gasteiger charge is -2.39. The quantitative estimate of drug-likeness (QED) is 0.150. The van der Waals surface area contributed by atoms with Crippen molar-refractivity contribution in [3.63, 3.8) is 0 Å². The van der Waals surface area contributed by atoms with Crippen molar-refractivity contribution in [1.82, 2.24) is 0 Å². The predicted octanol–water partition coefficient (Wildman–Crippen LogP) is 5.54. The molecule has 8 heteroatoms. The van der Waals surface area contributed by atoms with E-state index in [0.717, 1.165) is 64.2 Å². The molecule has 0 spiro atoms. The van der Waals surface area contributed by atoms with Crippen LogP contribution >= 0.6 is 7.82 Å². The van der Waals surface area contributed by atoms with Crippen LogP contribution in [0.25, 0.3) is 0 Å². The Morgan fingerprint density at radius 1 is 0.750 bits per heavy atom. The summed E-state index contributed by atoms with van der Waals surface area (Å²) in [5.74, 6) is -1.89. The molecule has 1 unspecified atom stereocenters. The number of unbranched alkanes of at least 4 members (excludes halogenated alkanes) is 6. The zero-order valence-corrected chi connectivity index (χ0v) is 19.3. The molecule has 28 heavy (non-hydrogen) atoms. The lowest BCUT2D eigenvalue weighted by Crippen LogP contribution is -2.51. The van der Waals surface area contributed by atoms with Crippen molar-refractivity contribution in [2.45, 2.75) is 110 Å². The molecule has 0 saturated carbocycles. The molecule has 0 saturated heterocycles. The van der Waals surface area contributed by atoms with Crippen LogP contribution in [-0.4, -0.2) is 41.7 Å². The highest BCUT2D eigenvalue weighted by molar-refractivity contribution is 7.46. The minimum atomic E-state index is -4.85. The Hall–Kier alpha value is -0.0100. The number of phosphoric ester groups is 1. The fourth-order valence-electron chi connectivity index (χ4n) is 2.71. The third kappa shape index (κ3) is 13.3. The Labute approximate surface area is 171 Å². The smallest absolute Gasteiger partial charge is 0.370 e. The average Bonchev–Trinajstić information content (AvgIpc) is 2.62. The van der Waals surface area contributed by atoms with Gasteiger partial charge in [0.15, 0.2) is 0 Å². The van der Waals surface area contributed by atoms with Crippen molar-refractivity contribution in [3.8, 4) is 0 Å². The predicted molar refractivity (Wildman–Crippen MR) is 111 cm³/mol. The van der Waals surface area contributed by atoms with Crippen LogP contribution in [0.4, 0.5) is 0 Å². The van der Waals surface area contributed by atoms with Crippen LogP contribution in [0.2, 0.25) is 0 Å². The van der Waals surface area contributed by atoms with Gasteiger partial charge in [-0.3, -0.25) is 0 Å². The van der Waals surface area contributed by atoms with Crippen LogP contribution in [-0.2, 0) is 23.3 Å². The van der Waals surface area contributed by atoms with E-state index in [0.29, 0.717) is 13.0 Å². The second kappa shape index (κ2) is 16.8. The van der Waals surface area contributed by atoms with Gasteiger partial charge in [0, 0.05) is 6.61 Å². The maximum Gasteiger partial charge on any atom is 0.474 e. The van der Waals surface area contributed by atoms with E-state index in [-0.39, 0.29) is 13.2 Å². The van der Waals surface area contributed by atoms with Crippen LogP contribution in [0.15, 0.2) is 0 Å². The number of rotatable bonds is 20. The Balaban J connectivity index is 5.54. The molecule has 0 aromatic carbocycles. The fraction of sp³-hybridized carbons (Fsp3) is 1.00. The van der Waals surface area contributed by atoms with E-state index in [9.17, 15) is 14.4 Å². The summed E-state index contributed by atoms with van der Waals surface area (Å²) in [7, 11) is -4.85. The molecule has 0 fully saturated rings. The maximum atomic E-state index is 11.8. The molecule has 0 bridgehead atoms. The van der Waals surface area contributed by atoms with Crippen LogP contribution in [0, 0.1) is 0 Å². The van der Waals surface area contributed by atoms with E-state index in [4.69, 9.17) is 18.7 Å². The Bertz CT molecular complexity index is 390. The molecule has 0 aliphatic carbocycles. The number of hydrogen-bond donors (Lipinski definition) is 2. The Kier molecular flexibility index (Phi) is 16.7. The second-order valence-electron chi connectivity index (χ2n) is 7.15. The molecule has 0 aliphatic heterocycles. The van der Waals surface area contributed by atoms with Gasteiger partial charge in [0.05, 0.1) is 13.2 Å². The molecule has 170 valence electrons. The molecule has 0 rings (SSSR count). The molecule has 0 radical (unpaired) electrons. The summed E-state index contributed by atoms with van der Waals surface area (Å²) in [5, 5.41) is 0. The van der Waals surface area contributed by atoms with Crippen LogP contribution < -0.4 is 0 Å². The molecule has 0 amide bonds. The summed E-state index contributed by atoms with van der Waals surface area (Å²) in [4.78, 5) is 19.1. The summed E-state index contributed by atoms with van der Waals surface area (Å²) >= 11 is 0. The minimum absolute atomic E-state index is 0.283. The largest absolute Gasteiger partial charge is 0.474 e. The van der Waals surface area contributed by atoms with Crippen molar-refractivity contribution >= 4 is 7.82 Å². The monoisotopic (exact) mass is 426 g/mol. The third-order valence-corrected chi connectivity index (χ3v) is 4.87. The average molecular weight is 427 g/mol. The van der Waals surface area contributed by atoms with E-state index in [1.165, 1.54) is 0 Å². The third-order valence-electron chi connectivity index (χ3n) is 4.38. The van der Waals surface area contributed by atoms with Gasteiger partial charge in [0.1, 0.15) is 6.10 Å². The molecule has 2 N–H and O–H groups in total. The Morgan fingerprint density at radius 2 is 1.25 bits per heavy atom. The summed E-state index contributed by atoms with van der Waals surface area (Å²) in [6.07, 6.45) is 8.99. The fourth-order valence-corrected chi connectivity index (χ4v) is 3.27. The van der Waals surface area contributed by atoms with Gasteiger partial charge in [0.2, 0.25) is 0 Å². The zero-order valence-electron chi connectivity index (χ0n) is 18.4. The van der Waals surface area contributed by atoms with Gasteiger partial charge in [-0.15, -0.1) is 0 Å². The van der Waals surface area contributed by atoms with E-state index in [2.05, 4.69) is 13.8 Å². The normalized spacial score (nSPS) is 13.8. The number of ether oxygens (including phenoxy) is 3. The highest BCUT2D eigenvalue weighted by Gasteiger charge is 2.48. The molecular formula is C20H43O7P. The summed E-state index contributed by atoms with van der Waals surface area (Å²) in [6, 6.07) is 0. The highest BCUT2D eigenvalue weighted by Crippen LogP contribution is 2.45. The van der Waals surface area contributed by atoms with Gasteiger partial charge in [-0.1, -0.05) is 72.6 Å². The highest BCUT2D eigenvalue weighted by atomic mass is 31.2. The summed E-state index contributed by atoms with van der Waals surface area (Å²) < 4.78 is 34.7. The molecule has 0 aromatic heterocycles. The summed E-state index contributed by atoms with van der Waals surface area (Å²) in [5.41, 5.74) is 0. The number of phosphoric acid groups is 1. The van der Waals surface area contributed by atoms with Crippen molar-refractivity contribution in [2.24, 2.45) is 0 Å². The first-order valence-electron chi connectivity index (χ1n) is 11.0. The van der Waals surface area contributed by atoms with Gasteiger partial charge in [-0.2, -0.15) is 0 Å². The van der Waals surface area contributed by atoms with E-state index < -0.39 is 19.9 Å². The van der Waals surface area contributed by atoms with Crippen molar-refractivity contribution in [2.75, 3.05) is 19.8 Å². The van der Waals surface area contributed by atoms with Crippen LogP contribution in [0.3, 0.4) is 0 Å². The standard InChI is InChI=1S/C20H43O7P/c1-5-9-13-14-15-19(24-16-10-6-2)20(25-17-11-7-3,26-18-12-8-4)27-28(21,22)23/h19H,5-18H2,1-4H3,(H2,21,22,23). The minimum Gasteiger partial charge on any atom is -0.370 e. The van der Waals surface area contributed by atoms with E-state index >= 15 is 0 Å². The molecule has 0 aliphatic rings. The topological polar surface area (TPSA) is 94.5 Å². The molecule has 0 aromatic rings.